The van der Waals surface area contributed by atoms with Crippen molar-refractivity contribution in [2.24, 2.45) is 0 Å². The van der Waals surface area contributed by atoms with E-state index in [2.05, 4.69) is 10.6 Å². The lowest BCUT2D eigenvalue weighted by atomic mass is 10.1. The van der Waals surface area contributed by atoms with E-state index >= 15 is 0 Å². The molecule has 186 valence electrons. The van der Waals surface area contributed by atoms with Gasteiger partial charge in [-0.2, -0.15) is 0 Å². The topological polar surface area (TPSA) is 102 Å². The molecule has 0 atom stereocenters. The molecule has 3 amide bonds. The molecule has 0 aliphatic carbocycles. The predicted octanol–water partition coefficient (Wildman–Crippen LogP) is 2.63. The second-order valence-electron chi connectivity index (χ2n) is 7.96. The molecule has 10 heteroatoms. The van der Waals surface area contributed by atoms with Gasteiger partial charge in [-0.15, -0.1) is 0 Å². The molecule has 0 saturated carbocycles. The van der Waals surface area contributed by atoms with Gasteiger partial charge in [0.15, 0.2) is 5.11 Å². The number of ether oxygens (including phenoxy) is 2. The third-order valence-electron chi connectivity index (χ3n) is 5.57. The lowest BCUT2D eigenvalue weighted by Crippen LogP contribution is -2.54. The molecular formula is C26H26N4O5S. The Morgan fingerprint density at radius 3 is 2.61 bits per heavy atom. The van der Waals surface area contributed by atoms with Gasteiger partial charge in [0.1, 0.15) is 17.9 Å². The van der Waals surface area contributed by atoms with E-state index in [0.29, 0.717) is 36.8 Å². The van der Waals surface area contributed by atoms with Crippen molar-refractivity contribution in [1.82, 2.24) is 15.2 Å². The number of benzene rings is 2. The van der Waals surface area contributed by atoms with Crippen molar-refractivity contribution in [1.29, 1.82) is 0 Å². The number of nitrogens with zero attached hydrogens (tertiary/aromatic N) is 2. The highest BCUT2D eigenvalue weighted by Crippen LogP contribution is 2.27. The fraction of sp³-hybridized carbons (Fsp3) is 0.231. The highest BCUT2D eigenvalue weighted by molar-refractivity contribution is 7.80. The molecule has 3 aromatic rings. The van der Waals surface area contributed by atoms with E-state index in [1.165, 1.54) is 11.0 Å². The molecule has 1 saturated heterocycles. The van der Waals surface area contributed by atoms with Gasteiger partial charge >= 0.3 is 0 Å². The zero-order valence-electron chi connectivity index (χ0n) is 19.9. The van der Waals surface area contributed by atoms with E-state index in [4.69, 9.17) is 21.7 Å². The Kier molecular flexibility index (Phi) is 7.77. The lowest BCUT2D eigenvalue weighted by Gasteiger charge is -2.29. The Morgan fingerprint density at radius 2 is 1.89 bits per heavy atom. The fourth-order valence-corrected chi connectivity index (χ4v) is 4.21. The molecule has 0 radical (unpaired) electrons. The molecule has 1 fully saturated rings. The quantitative estimate of drug-likeness (QED) is 0.200. The number of thiocarbonyl (C=S) groups is 1. The van der Waals surface area contributed by atoms with E-state index < -0.39 is 11.8 Å². The Labute approximate surface area is 213 Å². The molecule has 9 nitrogen and oxygen atoms in total. The van der Waals surface area contributed by atoms with Crippen molar-refractivity contribution in [3.63, 3.8) is 0 Å². The van der Waals surface area contributed by atoms with Gasteiger partial charge in [0, 0.05) is 36.3 Å². The number of anilines is 1. The van der Waals surface area contributed by atoms with Crippen LogP contribution in [0.5, 0.6) is 5.75 Å². The minimum Gasteiger partial charge on any atom is -0.494 e. The zero-order valence-corrected chi connectivity index (χ0v) is 20.8. The molecule has 0 unspecified atom stereocenters. The van der Waals surface area contributed by atoms with Crippen LogP contribution in [0.3, 0.4) is 0 Å². The Hall–Kier alpha value is -4.02. The minimum absolute atomic E-state index is 0.00136. The molecular weight excluding hydrogens is 480 g/mol. The number of methoxy groups -OCH3 is 1. The van der Waals surface area contributed by atoms with Crippen molar-refractivity contribution >= 4 is 57.7 Å². The van der Waals surface area contributed by atoms with Gasteiger partial charge in [-0.25, -0.2) is 0 Å². The highest BCUT2D eigenvalue weighted by atomic mass is 32.1. The Bertz CT molecular complexity index is 1350. The van der Waals surface area contributed by atoms with Crippen LogP contribution < -0.4 is 20.3 Å². The van der Waals surface area contributed by atoms with Crippen molar-refractivity contribution in [2.75, 3.05) is 31.8 Å². The van der Waals surface area contributed by atoms with Gasteiger partial charge in [-0.05, 0) is 55.5 Å². The molecule has 2 N–H and O–H groups in total. The molecule has 36 heavy (non-hydrogen) atoms. The molecule has 0 spiro atoms. The third-order valence-corrected chi connectivity index (χ3v) is 5.85. The van der Waals surface area contributed by atoms with E-state index in [1.54, 1.807) is 42.1 Å². The van der Waals surface area contributed by atoms with Crippen LogP contribution in [0.2, 0.25) is 0 Å². The number of fused-ring (bicyclic) bond motifs is 1. The number of amides is 3. The summed E-state index contributed by atoms with van der Waals surface area (Å²) in [7, 11) is 1.57. The number of carbonyl (C=O) groups is 3. The average molecular weight is 507 g/mol. The van der Waals surface area contributed by atoms with Crippen LogP contribution in [0.25, 0.3) is 17.0 Å². The average Bonchev–Trinajstić information content (AvgIpc) is 3.20. The summed E-state index contributed by atoms with van der Waals surface area (Å²) in [6, 6.07) is 14.4. The maximum atomic E-state index is 13.4. The van der Waals surface area contributed by atoms with Gasteiger partial charge in [0.25, 0.3) is 11.8 Å². The number of rotatable bonds is 9. The fourth-order valence-electron chi connectivity index (χ4n) is 3.93. The summed E-state index contributed by atoms with van der Waals surface area (Å²) in [4.78, 5) is 39.9. The normalized spacial score (nSPS) is 14.9. The number of hydrogen-bond donors (Lipinski definition) is 2. The molecule has 2 heterocycles. The SMILES string of the molecule is CCOc1ccc(N2C(=O)C(=Cc3cn(CC(=O)NCCOC)c4ccccc34)C(=O)NC2=S)cc1. The van der Waals surface area contributed by atoms with Crippen LogP contribution in [0.1, 0.15) is 12.5 Å². The van der Waals surface area contributed by atoms with E-state index in [-0.39, 0.29) is 23.1 Å². The first-order chi connectivity index (χ1) is 17.4. The number of nitrogens with one attached hydrogen (secondary N) is 2. The summed E-state index contributed by atoms with van der Waals surface area (Å²) in [6.07, 6.45) is 3.28. The number of aromatic nitrogens is 1. The first-order valence-electron chi connectivity index (χ1n) is 11.4. The van der Waals surface area contributed by atoms with Crippen LogP contribution in [0.15, 0.2) is 60.3 Å². The third kappa shape index (κ3) is 5.29. The molecule has 1 aromatic heterocycles. The Balaban J connectivity index is 1.66. The van der Waals surface area contributed by atoms with E-state index in [9.17, 15) is 14.4 Å². The molecule has 0 bridgehead atoms. The van der Waals surface area contributed by atoms with Gasteiger partial charge in [-0.1, -0.05) is 18.2 Å². The van der Waals surface area contributed by atoms with Crippen molar-refractivity contribution in [3.8, 4) is 5.75 Å². The first kappa shape index (κ1) is 25.1. The smallest absolute Gasteiger partial charge is 0.270 e. The molecule has 4 rings (SSSR count). The van der Waals surface area contributed by atoms with Crippen LogP contribution in [-0.2, 0) is 25.7 Å². The standard InChI is InChI=1S/C26H26N4O5S/c1-3-35-19-10-8-18(9-11-19)30-25(33)21(24(32)28-26(30)36)14-17-15-29(16-23(31)27-12-13-34-2)22-7-5-4-6-20(17)22/h4-11,14-15H,3,12-13,16H2,1-2H3,(H,27,31)(H,28,32,36). The van der Waals surface area contributed by atoms with Crippen LogP contribution >= 0.6 is 12.2 Å². The van der Waals surface area contributed by atoms with Crippen LogP contribution in [0, 0.1) is 0 Å². The largest absolute Gasteiger partial charge is 0.494 e. The van der Waals surface area contributed by atoms with Crippen LogP contribution in [0.4, 0.5) is 5.69 Å². The highest BCUT2D eigenvalue weighted by Gasteiger charge is 2.34. The second kappa shape index (κ2) is 11.1. The number of hydrogen-bond acceptors (Lipinski definition) is 6. The summed E-state index contributed by atoms with van der Waals surface area (Å²) in [5.41, 5.74) is 1.88. The molecule has 2 aromatic carbocycles. The maximum Gasteiger partial charge on any atom is 0.270 e. The zero-order chi connectivity index (χ0) is 25.7. The van der Waals surface area contributed by atoms with Crippen molar-refractivity contribution in [2.45, 2.75) is 13.5 Å². The summed E-state index contributed by atoms with van der Waals surface area (Å²) in [5, 5.41) is 6.20. The number of para-hydroxylation sites is 1. The van der Waals surface area contributed by atoms with Crippen molar-refractivity contribution < 1.29 is 23.9 Å². The van der Waals surface area contributed by atoms with Crippen LogP contribution in [-0.4, -0.2) is 54.3 Å². The van der Waals surface area contributed by atoms with Gasteiger partial charge < -0.3 is 19.4 Å². The summed E-state index contributed by atoms with van der Waals surface area (Å²) in [5.74, 6) is -0.635. The van der Waals surface area contributed by atoms with Gasteiger partial charge in [-0.3, -0.25) is 24.6 Å². The van der Waals surface area contributed by atoms with Gasteiger partial charge in [0.2, 0.25) is 5.91 Å². The summed E-state index contributed by atoms with van der Waals surface area (Å²) >= 11 is 5.29. The summed E-state index contributed by atoms with van der Waals surface area (Å²) < 4.78 is 12.2. The monoisotopic (exact) mass is 506 g/mol. The summed E-state index contributed by atoms with van der Waals surface area (Å²) in [6.45, 7) is 3.30. The number of carbonyl (C=O) groups excluding carboxylic acids is 3. The molecule has 1 aliphatic rings. The minimum atomic E-state index is -0.582. The van der Waals surface area contributed by atoms with E-state index in [1.807, 2.05) is 31.2 Å². The van der Waals surface area contributed by atoms with Gasteiger partial charge in [0.05, 0.1) is 18.9 Å². The molecule has 1 aliphatic heterocycles. The first-order valence-corrected chi connectivity index (χ1v) is 11.8. The lowest BCUT2D eigenvalue weighted by molar-refractivity contribution is -0.123. The van der Waals surface area contributed by atoms with E-state index in [0.717, 1.165) is 10.9 Å². The maximum absolute atomic E-state index is 13.4. The Morgan fingerprint density at radius 1 is 1.14 bits per heavy atom. The second-order valence-corrected chi connectivity index (χ2v) is 8.34. The predicted molar refractivity (Wildman–Crippen MR) is 141 cm³/mol. The van der Waals surface area contributed by atoms with Crippen molar-refractivity contribution in [3.05, 3.63) is 65.9 Å².